The van der Waals surface area contributed by atoms with E-state index in [1.54, 1.807) is 76.5 Å². The van der Waals surface area contributed by atoms with E-state index in [1.165, 1.54) is 21.3 Å². The molecule has 0 saturated heterocycles. The first-order valence-electron chi connectivity index (χ1n) is 13.9. The standard InChI is InChI=1S/C32H34N6O7/c1-7-15-43-30(41)35-22-13-14-25-24(17-22)36-27(38(25)31(42)44-16-8-2)20-9-11-21(12-10-20)34-29(40)28-33-23(19-37(28)6)18-26(39)45-32(3,4)5/h7-14,17,19H,1-2,15-16,18H2,3-6H3,(H,34,40)(H,35,41). The van der Waals surface area contributed by atoms with Crippen molar-refractivity contribution in [3.8, 4) is 11.4 Å². The molecule has 0 aliphatic carbocycles. The van der Waals surface area contributed by atoms with Crippen molar-refractivity contribution in [2.45, 2.75) is 32.8 Å². The highest BCUT2D eigenvalue weighted by atomic mass is 16.6. The van der Waals surface area contributed by atoms with Gasteiger partial charge in [-0.2, -0.15) is 0 Å². The molecule has 0 aliphatic heterocycles. The van der Waals surface area contributed by atoms with E-state index in [4.69, 9.17) is 14.2 Å². The van der Waals surface area contributed by atoms with Crippen LogP contribution in [-0.4, -0.2) is 62.0 Å². The van der Waals surface area contributed by atoms with Gasteiger partial charge in [-0.3, -0.25) is 14.9 Å². The first-order chi connectivity index (χ1) is 21.4. The molecule has 2 aromatic heterocycles. The largest absolute Gasteiger partial charge is 0.460 e. The summed E-state index contributed by atoms with van der Waals surface area (Å²) in [5.41, 5.74) is 2.05. The van der Waals surface area contributed by atoms with Crippen LogP contribution in [0.2, 0.25) is 0 Å². The van der Waals surface area contributed by atoms with Crippen LogP contribution in [0, 0.1) is 0 Å². The van der Waals surface area contributed by atoms with Crippen molar-refractivity contribution >= 4 is 46.5 Å². The molecule has 13 nitrogen and oxygen atoms in total. The maximum atomic E-state index is 13.1. The third-order valence-electron chi connectivity index (χ3n) is 6.02. The number of nitrogens with one attached hydrogen (secondary N) is 2. The van der Waals surface area contributed by atoms with Crippen LogP contribution >= 0.6 is 0 Å². The Morgan fingerprint density at radius 3 is 2.24 bits per heavy atom. The topological polar surface area (TPSA) is 156 Å². The van der Waals surface area contributed by atoms with Gasteiger partial charge in [0.2, 0.25) is 0 Å². The lowest BCUT2D eigenvalue weighted by Crippen LogP contribution is -2.25. The van der Waals surface area contributed by atoms with Gasteiger partial charge in [0, 0.05) is 30.2 Å². The van der Waals surface area contributed by atoms with Gasteiger partial charge in [0.05, 0.1) is 23.1 Å². The highest BCUT2D eigenvalue weighted by molar-refractivity contribution is 6.02. The lowest BCUT2D eigenvalue weighted by molar-refractivity contribution is -0.154. The fourth-order valence-corrected chi connectivity index (χ4v) is 4.26. The monoisotopic (exact) mass is 614 g/mol. The van der Waals surface area contributed by atoms with Crippen LogP contribution in [-0.2, 0) is 32.5 Å². The lowest BCUT2D eigenvalue weighted by Gasteiger charge is -2.18. The molecule has 0 saturated carbocycles. The van der Waals surface area contributed by atoms with Crippen molar-refractivity contribution in [2.75, 3.05) is 23.8 Å². The van der Waals surface area contributed by atoms with Crippen molar-refractivity contribution < 1.29 is 33.4 Å². The Balaban J connectivity index is 1.56. The van der Waals surface area contributed by atoms with Crippen molar-refractivity contribution in [1.82, 2.24) is 19.1 Å². The van der Waals surface area contributed by atoms with E-state index >= 15 is 0 Å². The summed E-state index contributed by atoms with van der Waals surface area (Å²) in [4.78, 5) is 59.2. The highest BCUT2D eigenvalue weighted by Crippen LogP contribution is 2.28. The highest BCUT2D eigenvalue weighted by Gasteiger charge is 2.22. The number of aryl methyl sites for hydroxylation is 1. The normalized spacial score (nSPS) is 11.0. The third kappa shape index (κ3) is 8.22. The molecule has 45 heavy (non-hydrogen) atoms. The molecular weight excluding hydrogens is 580 g/mol. The first-order valence-corrected chi connectivity index (χ1v) is 13.9. The molecule has 4 rings (SSSR count). The molecule has 2 heterocycles. The number of rotatable bonds is 10. The molecule has 2 amide bonds. The van der Waals surface area contributed by atoms with Gasteiger partial charge in [0.1, 0.15) is 18.8 Å². The molecule has 234 valence electrons. The van der Waals surface area contributed by atoms with Gasteiger partial charge >= 0.3 is 18.2 Å². The van der Waals surface area contributed by atoms with Gasteiger partial charge < -0.3 is 24.1 Å². The SMILES string of the molecule is C=CCOC(=O)Nc1ccc2c(c1)nc(-c1ccc(NC(=O)c3nc(CC(=O)OC(C)(C)C)cn3C)cc1)n2C(=O)OCC=C. The summed E-state index contributed by atoms with van der Waals surface area (Å²) >= 11 is 0. The summed E-state index contributed by atoms with van der Waals surface area (Å²) in [6, 6.07) is 11.5. The van der Waals surface area contributed by atoms with Gasteiger partial charge in [0.25, 0.3) is 5.91 Å². The zero-order valence-corrected chi connectivity index (χ0v) is 25.5. The minimum Gasteiger partial charge on any atom is -0.460 e. The summed E-state index contributed by atoms with van der Waals surface area (Å²) in [6.45, 7) is 12.5. The number of carbonyl (C=O) groups is 4. The second-order valence-corrected chi connectivity index (χ2v) is 10.8. The molecule has 0 fully saturated rings. The van der Waals surface area contributed by atoms with E-state index in [1.807, 2.05) is 0 Å². The number of aromatic nitrogens is 4. The Labute approximate surface area is 259 Å². The predicted molar refractivity (Wildman–Crippen MR) is 168 cm³/mol. The molecule has 0 radical (unpaired) electrons. The summed E-state index contributed by atoms with van der Waals surface area (Å²) in [6.07, 6.45) is 3.09. The van der Waals surface area contributed by atoms with Crippen LogP contribution < -0.4 is 10.6 Å². The minimum atomic E-state index is -0.673. The second-order valence-electron chi connectivity index (χ2n) is 10.8. The molecule has 2 N–H and O–H groups in total. The van der Waals surface area contributed by atoms with Crippen LogP contribution in [0.25, 0.3) is 22.4 Å². The average Bonchev–Trinajstić information content (AvgIpc) is 3.53. The number of anilines is 2. The zero-order valence-electron chi connectivity index (χ0n) is 25.5. The van der Waals surface area contributed by atoms with Crippen LogP contribution in [0.15, 0.2) is 74.0 Å². The molecule has 0 unspecified atom stereocenters. The number of esters is 1. The third-order valence-corrected chi connectivity index (χ3v) is 6.02. The van der Waals surface area contributed by atoms with Gasteiger partial charge in [0.15, 0.2) is 11.6 Å². The fourth-order valence-electron chi connectivity index (χ4n) is 4.26. The predicted octanol–water partition coefficient (Wildman–Crippen LogP) is 5.48. The number of nitrogens with zero attached hydrogens (tertiary/aromatic N) is 4. The van der Waals surface area contributed by atoms with Crippen molar-refractivity contribution in [3.05, 3.63) is 85.5 Å². The van der Waals surface area contributed by atoms with Crippen LogP contribution in [0.3, 0.4) is 0 Å². The number of amides is 2. The van der Waals surface area contributed by atoms with Gasteiger partial charge in [-0.05, 0) is 63.2 Å². The zero-order chi connectivity index (χ0) is 32.7. The number of fused-ring (bicyclic) bond motifs is 1. The summed E-state index contributed by atoms with van der Waals surface area (Å²) in [5, 5.41) is 5.39. The number of ether oxygens (including phenoxy) is 3. The van der Waals surface area contributed by atoms with Crippen LogP contribution in [0.4, 0.5) is 21.0 Å². The quantitative estimate of drug-likeness (QED) is 0.134. The van der Waals surface area contributed by atoms with E-state index in [9.17, 15) is 19.2 Å². The Kier molecular flexibility index (Phi) is 9.81. The molecule has 0 bridgehead atoms. The fraction of sp³-hybridized carbons (Fsp3) is 0.250. The molecule has 0 spiro atoms. The number of benzene rings is 2. The number of carbonyl (C=O) groups excluding carboxylic acids is 4. The summed E-state index contributed by atoms with van der Waals surface area (Å²) in [5.74, 6) is -0.532. The van der Waals surface area contributed by atoms with Crippen molar-refractivity contribution in [3.63, 3.8) is 0 Å². The van der Waals surface area contributed by atoms with Gasteiger partial charge in [-0.25, -0.2) is 24.1 Å². The Hall–Kier alpha value is -5.72. The van der Waals surface area contributed by atoms with E-state index in [2.05, 4.69) is 33.8 Å². The Morgan fingerprint density at radius 2 is 1.58 bits per heavy atom. The summed E-state index contributed by atoms with van der Waals surface area (Å²) in [7, 11) is 1.66. The molecule has 2 aromatic carbocycles. The van der Waals surface area contributed by atoms with Crippen LogP contribution in [0.5, 0.6) is 0 Å². The van der Waals surface area contributed by atoms with E-state index in [0.29, 0.717) is 33.7 Å². The second kappa shape index (κ2) is 13.7. The maximum Gasteiger partial charge on any atom is 0.420 e. The van der Waals surface area contributed by atoms with Crippen molar-refractivity contribution in [2.24, 2.45) is 7.05 Å². The van der Waals surface area contributed by atoms with Gasteiger partial charge in [-0.15, -0.1) is 0 Å². The van der Waals surface area contributed by atoms with E-state index < -0.39 is 29.7 Å². The molecule has 4 aromatic rings. The Bertz CT molecular complexity index is 1760. The minimum absolute atomic E-state index is 0.00955. The maximum absolute atomic E-state index is 13.1. The number of imidazole rings is 2. The van der Waals surface area contributed by atoms with Crippen molar-refractivity contribution in [1.29, 1.82) is 0 Å². The molecule has 0 aliphatic rings. The first kappa shape index (κ1) is 32.2. The van der Waals surface area contributed by atoms with E-state index in [0.717, 1.165) is 0 Å². The smallest absolute Gasteiger partial charge is 0.420 e. The average molecular weight is 615 g/mol. The number of hydrogen-bond acceptors (Lipinski definition) is 9. The summed E-state index contributed by atoms with van der Waals surface area (Å²) < 4.78 is 18.4. The van der Waals surface area contributed by atoms with E-state index in [-0.39, 0.29) is 31.3 Å². The lowest BCUT2D eigenvalue weighted by atomic mass is 10.2. The molecule has 13 heteroatoms. The molecule has 0 atom stereocenters. The number of hydrogen-bond donors (Lipinski definition) is 2. The van der Waals surface area contributed by atoms with Gasteiger partial charge in [-0.1, -0.05) is 25.3 Å². The van der Waals surface area contributed by atoms with Crippen LogP contribution in [0.1, 0.15) is 37.1 Å². The molecular formula is C32H34N6O7. The Morgan fingerprint density at radius 1 is 0.911 bits per heavy atom.